The molecular weight excluding hydrogens is 310 g/mol. The summed E-state index contributed by atoms with van der Waals surface area (Å²) in [5.41, 5.74) is 0.881. The van der Waals surface area contributed by atoms with Crippen molar-refractivity contribution in [2.75, 3.05) is 6.54 Å². The standard InChI is InChI=1S/C14H16BrNO3/c15-11-5-3-4-10(8-11)13(9-16(18)19)12-6-1-2-7-14(12)17/h3-5,8,12-13H,1-2,6-7,9H2/t12-,13-/m0/s1. The first-order valence-electron chi connectivity index (χ1n) is 6.48. The lowest BCUT2D eigenvalue weighted by atomic mass is 9.76. The maximum atomic E-state index is 12.0. The fraction of sp³-hybridized carbons (Fsp3) is 0.500. The number of ketones is 1. The third kappa shape index (κ3) is 3.62. The second-order valence-corrected chi connectivity index (χ2v) is 5.91. The Morgan fingerprint density at radius 3 is 2.84 bits per heavy atom. The van der Waals surface area contributed by atoms with Crippen LogP contribution >= 0.6 is 15.9 Å². The first-order chi connectivity index (χ1) is 9.08. The molecule has 0 heterocycles. The monoisotopic (exact) mass is 325 g/mol. The van der Waals surface area contributed by atoms with Crippen LogP contribution in [0.25, 0.3) is 0 Å². The molecule has 1 aromatic rings. The van der Waals surface area contributed by atoms with E-state index in [2.05, 4.69) is 15.9 Å². The molecule has 102 valence electrons. The van der Waals surface area contributed by atoms with E-state index in [-0.39, 0.29) is 29.1 Å². The first kappa shape index (κ1) is 14.2. The van der Waals surface area contributed by atoms with E-state index in [1.807, 2.05) is 24.3 Å². The molecule has 4 nitrogen and oxygen atoms in total. The molecule has 0 amide bonds. The third-order valence-corrected chi connectivity index (χ3v) is 4.20. The van der Waals surface area contributed by atoms with Crippen LogP contribution in [-0.4, -0.2) is 17.3 Å². The zero-order chi connectivity index (χ0) is 13.8. The van der Waals surface area contributed by atoms with Crippen LogP contribution in [0.4, 0.5) is 0 Å². The van der Waals surface area contributed by atoms with Gasteiger partial charge in [-0.05, 0) is 30.5 Å². The van der Waals surface area contributed by atoms with Crippen LogP contribution < -0.4 is 0 Å². The van der Waals surface area contributed by atoms with Crippen molar-refractivity contribution in [2.45, 2.75) is 31.6 Å². The van der Waals surface area contributed by atoms with E-state index in [0.717, 1.165) is 29.3 Å². The Hall–Kier alpha value is -1.23. The van der Waals surface area contributed by atoms with Gasteiger partial charge in [0.1, 0.15) is 5.78 Å². The highest BCUT2D eigenvalue weighted by Crippen LogP contribution is 2.35. The Bertz CT molecular complexity index is 489. The molecule has 19 heavy (non-hydrogen) atoms. The summed E-state index contributed by atoms with van der Waals surface area (Å²) >= 11 is 3.38. The van der Waals surface area contributed by atoms with Gasteiger partial charge in [-0.15, -0.1) is 0 Å². The molecule has 1 saturated carbocycles. The highest BCUT2D eigenvalue weighted by atomic mass is 79.9. The van der Waals surface area contributed by atoms with Crippen LogP contribution in [0.2, 0.25) is 0 Å². The van der Waals surface area contributed by atoms with Gasteiger partial charge in [0.2, 0.25) is 6.54 Å². The summed E-state index contributed by atoms with van der Waals surface area (Å²) in [6, 6.07) is 7.51. The number of carbonyl (C=O) groups is 1. The minimum atomic E-state index is -0.312. The van der Waals surface area contributed by atoms with Gasteiger partial charge in [-0.25, -0.2) is 0 Å². The normalized spacial score (nSPS) is 21.1. The van der Waals surface area contributed by atoms with E-state index < -0.39 is 0 Å². The van der Waals surface area contributed by atoms with Crippen LogP contribution in [-0.2, 0) is 4.79 Å². The lowest BCUT2D eigenvalue weighted by Crippen LogP contribution is -2.30. The Balaban J connectivity index is 2.29. The summed E-state index contributed by atoms with van der Waals surface area (Å²) in [6.07, 6.45) is 3.23. The SMILES string of the molecule is O=C1CCCC[C@H]1[C@@H](C[N+](=O)[O-])c1cccc(Br)c1. The Morgan fingerprint density at radius 2 is 2.21 bits per heavy atom. The second-order valence-electron chi connectivity index (χ2n) is 5.00. The summed E-state index contributed by atoms with van der Waals surface area (Å²) < 4.78 is 0.890. The van der Waals surface area contributed by atoms with E-state index in [4.69, 9.17) is 0 Å². The van der Waals surface area contributed by atoms with Crippen molar-refractivity contribution >= 4 is 21.7 Å². The fourth-order valence-corrected chi connectivity index (χ4v) is 3.22. The third-order valence-electron chi connectivity index (χ3n) is 3.71. The van der Waals surface area contributed by atoms with Gasteiger partial charge < -0.3 is 0 Å². The molecular formula is C14H16BrNO3. The highest BCUT2D eigenvalue weighted by Gasteiger charge is 2.34. The van der Waals surface area contributed by atoms with Gasteiger partial charge in [0.05, 0.1) is 5.92 Å². The van der Waals surface area contributed by atoms with Crippen LogP contribution in [0.3, 0.4) is 0 Å². The summed E-state index contributed by atoms with van der Waals surface area (Å²) in [5.74, 6) is -0.327. The fourth-order valence-electron chi connectivity index (χ4n) is 2.80. The van der Waals surface area contributed by atoms with E-state index in [9.17, 15) is 14.9 Å². The summed E-state index contributed by atoms with van der Waals surface area (Å²) in [5, 5.41) is 10.9. The minimum absolute atomic E-state index is 0.174. The molecule has 0 N–H and O–H groups in total. The smallest absolute Gasteiger partial charge is 0.211 e. The predicted octanol–water partition coefficient (Wildman–Crippen LogP) is 3.57. The van der Waals surface area contributed by atoms with Crippen molar-refractivity contribution in [1.29, 1.82) is 0 Å². The van der Waals surface area contributed by atoms with E-state index in [1.54, 1.807) is 0 Å². The van der Waals surface area contributed by atoms with Gasteiger partial charge >= 0.3 is 0 Å². The molecule has 0 saturated heterocycles. The average Bonchev–Trinajstić information content (AvgIpc) is 2.37. The van der Waals surface area contributed by atoms with Gasteiger partial charge in [-0.2, -0.15) is 0 Å². The largest absolute Gasteiger partial charge is 0.299 e. The molecule has 0 aliphatic heterocycles. The number of halogens is 1. The molecule has 0 spiro atoms. The number of nitrogens with zero attached hydrogens (tertiary/aromatic N) is 1. The van der Waals surface area contributed by atoms with Crippen molar-refractivity contribution < 1.29 is 9.72 Å². The molecule has 0 bridgehead atoms. The molecule has 0 unspecified atom stereocenters. The van der Waals surface area contributed by atoms with Crippen molar-refractivity contribution in [1.82, 2.24) is 0 Å². The lowest BCUT2D eigenvalue weighted by Gasteiger charge is -2.27. The molecule has 1 aliphatic rings. The van der Waals surface area contributed by atoms with Gasteiger partial charge in [0.15, 0.2) is 0 Å². The van der Waals surface area contributed by atoms with E-state index in [0.29, 0.717) is 6.42 Å². The number of hydrogen-bond acceptors (Lipinski definition) is 3. The Morgan fingerprint density at radius 1 is 1.42 bits per heavy atom. The lowest BCUT2D eigenvalue weighted by molar-refractivity contribution is -0.484. The molecule has 0 aromatic heterocycles. The second kappa shape index (κ2) is 6.28. The average molecular weight is 326 g/mol. The number of carbonyl (C=O) groups excluding carboxylic acids is 1. The molecule has 5 heteroatoms. The Kier molecular flexibility index (Phi) is 4.69. The molecule has 2 rings (SSSR count). The van der Waals surface area contributed by atoms with Gasteiger partial charge in [0.25, 0.3) is 0 Å². The van der Waals surface area contributed by atoms with E-state index >= 15 is 0 Å². The number of nitro groups is 1. The minimum Gasteiger partial charge on any atom is -0.299 e. The number of hydrogen-bond donors (Lipinski definition) is 0. The van der Waals surface area contributed by atoms with E-state index in [1.165, 1.54) is 0 Å². The van der Waals surface area contributed by atoms with Crippen molar-refractivity contribution in [3.8, 4) is 0 Å². The number of rotatable bonds is 4. The van der Waals surface area contributed by atoms with Gasteiger partial charge in [-0.1, -0.05) is 34.5 Å². The van der Waals surface area contributed by atoms with Crippen LogP contribution in [0.15, 0.2) is 28.7 Å². The first-order valence-corrected chi connectivity index (χ1v) is 7.27. The summed E-state index contributed by atoms with van der Waals surface area (Å²) in [7, 11) is 0. The zero-order valence-electron chi connectivity index (χ0n) is 10.5. The Labute approximate surface area is 120 Å². The van der Waals surface area contributed by atoms with Gasteiger partial charge in [0, 0.05) is 21.7 Å². The summed E-state index contributed by atoms with van der Waals surface area (Å²) in [6.45, 7) is -0.174. The molecule has 1 aliphatic carbocycles. The predicted molar refractivity (Wildman–Crippen MR) is 75.7 cm³/mol. The van der Waals surface area contributed by atoms with Crippen molar-refractivity contribution in [3.63, 3.8) is 0 Å². The van der Waals surface area contributed by atoms with Gasteiger partial charge in [-0.3, -0.25) is 14.9 Å². The highest BCUT2D eigenvalue weighted by molar-refractivity contribution is 9.10. The van der Waals surface area contributed by atoms with Crippen LogP contribution in [0, 0.1) is 16.0 Å². The molecule has 2 atom stereocenters. The maximum Gasteiger partial charge on any atom is 0.211 e. The maximum absolute atomic E-state index is 12.0. The molecule has 0 radical (unpaired) electrons. The van der Waals surface area contributed by atoms with Crippen molar-refractivity contribution in [3.05, 3.63) is 44.4 Å². The number of Topliss-reactive ketones (excluding diaryl/α,β-unsaturated/α-hetero) is 1. The van der Waals surface area contributed by atoms with Crippen LogP contribution in [0.5, 0.6) is 0 Å². The quantitative estimate of drug-likeness (QED) is 0.628. The molecule has 1 fully saturated rings. The topological polar surface area (TPSA) is 60.2 Å². The summed E-state index contributed by atoms with van der Waals surface area (Å²) in [4.78, 5) is 22.6. The zero-order valence-corrected chi connectivity index (χ0v) is 12.1. The number of benzene rings is 1. The van der Waals surface area contributed by atoms with Crippen molar-refractivity contribution in [2.24, 2.45) is 5.92 Å². The van der Waals surface area contributed by atoms with Crippen LogP contribution in [0.1, 0.15) is 37.2 Å². The molecule has 1 aromatic carbocycles.